The van der Waals surface area contributed by atoms with Gasteiger partial charge in [0.2, 0.25) is 0 Å². The van der Waals surface area contributed by atoms with Crippen LogP contribution in [0.2, 0.25) is 0 Å². The molecule has 0 aliphatic heterocycles. The molecule has 0 radical (unpaired) electrons. The van der Waals surface area contributed by atoms with Crippen LogP contribution in [0.25, 0.3) is 0 Å². The van der Waals surface area contributed by atoms with Gasteiger partial charge >= 0.3 is 17.9 Å². The number of carbonyl (C=O) groups excluding carboxylic acids is 3. The maximum Gasteiger partial charge on any atom is 0.306 e. The average Bonchev–Trinajstić information content (AvgIpc) is 3.35. The van der Waals surface area contributed by atoms with Crippen molar-refractivity contribution in [2.24, 2.45) is 0 Å². The fraction of sp³-hybridized carbons (Fsp3) is 0.540. The minimum absolute atomic E-state index is 0.129. The molecular formula is C63H96O6. The highest BCUT2D eigenvalue weighted by atomic mass is 16.6. The van der Waals surface area contributed by atoms with Crippen molar-refractivity contribution in [3.05, 3.63) is 158 Å². The van der Waals surface area contributed by atoms with Gasteiger partial charge in [-0.15, -0.1) is 0 Å². The van der Waals surface area contributed by atoms with Gasteiger partial charge in [0, 0.05) is 19.3 Å². The summed E-state index contributed by atoms with van der Waals surface area (Å²) in [5.74, 6) is -1.07. The Bertz CT molecular complexity index is 1610. The van der Waals surface area contributed by atoms with E-state index in [0.717, 1.165) is 83.5 Å². The third-order valence-corrected chi connectivity index (χ3v) is 10.7. The molecule has 6 nitrogen and oxygen atoms in total. The van der Waals surface area contributed by atoms with E-state index in [2.05, 4.69) is 93.7 Å². The van der Waals surface area contributed by atoms with Crippen molar-refractivity contribution in [1.29, 1.82) is 0 Å². The van der Waals surface area contributed by atoms with Crippen LogP contribution in [-0.2, 0) is 28.6 Å². The third-order valence-electron chi connectivity index (χ3n) is 10.7. The summed E-state index contributed by atoms with van der Waals surface area (Å²) in [5.41, 5.74) is 0. The molecule has 0 rings (SSSR count). The van der Waals surface area contributed by atoms with Gasteiger partial charge in [0.15, 0.2) is 6.10 Å². The largest absolute Gasteiger partial charge is 0.462 e. The topological polar surface area (TPSA) is 78.9 Å². The van der Waals surface area contributed by atoms with Crippen molar-refractivity contribution in [3.63, 3.8) is 0 Å². The predicted octanol–water partition coefficient (Wildman–Crippen LogP) is 18.2. The van der Waals surface area contributed by atoms with Gasteiger partial charge in [-0.3, -0.25) is 14.4 Å². The summed E-state index contributed by atoms with van der Waals surface area (Å²) in [4.78, 5) is 38.0. The van der Waals surface area contributed by atoms with Crippen LogP contribution in [0.15, 0.2) is 158 Å². The molecule has 0 aliphatic carbocycles. The van der Waals surface area contributed by atoms with Crippen molar-refractivity contribution in [3.8, 4) is 0 Å². The second-order valence-corrected chi connectivity index (χ2v) is 17.2. The molecule has 0 fully saturated rings. The molecule has 0 saturated carbocycles. The Morgan fingerprint density at radius 1 is 0.319 bits per heavy atom. The molecule has 0 aliphatic rings. The van der Waals surface area contributed by atoms with E-state index in [-0.39, 0.29) is 38.0 Å². The summed E-state index contributed by atoms with van der Waals surface area (Å²) in [7, 11) is 0. The molecule has 0 saturated heterocycles. The summed E-state index contributed by atoms with van der Waals surface area (Å²) in [6.45, 7) is 6.25. The number of esters is 3. The van der Waals surface area contributed by atoms with Crippen LogP contribution < -0.4 is 0 Å². The summed E-state index contributed by atoms with van der Waals surface area (Å²) in [6.07, 6.45) is 80.9. The highest BCUT2D eigenvalue weighted by Gasteiger charge is 2.19. The van der Waals surface area contributed by atoms with E-state index in [1.54, 1.807) is 0 Å². The first-order valence-corrected chi connectivity index (χ1v) is 27.1. The predicted molar refractivity (Wildman–Crippen MR) is 297 cm³/mol. The molecule has 69 heavy (non-hydrogen) atoms. The van der Waals surface area contributed by atoms with Gasteiger partial charge in [-0.05, 0) is 77.0 Å². The lowest BCUT2D eigenvalue weighted by Crippen LogP contribution is -2.30. The molecule has 6 heteroatoms. The standard InChI is InChI=1S/C63H96O6/c1-4-7-10-13-16-19-22-25-27-29-31-33-35-38-41-44-47-50-53-56-62(65)68-59-60(58-67-61(64)55-52-49-46-43-40-37-24-21-18-15-12-9-6-3)69-63(66)57-54-51-48-45-42-39-36-34-32-30-28-26-23-20-17-14-11-8-5-2/h7-8,10-11,13,16-17,19-20,22,25-29,31-35,38-39,41-42,48,51,60H,4-6,9,12,14-15,18,21,23-24,30,36-37,40,43-47,49-50,52-59H2,1-3H3/b10-7-,11-8-,16-13-,20-17-,22-19-,27-25-,28-26-,31-29+,34-32-,35-33-,41-38-,42-39-,51-48-. The van der Waals surface area contributed by atoms with Gasteiger partial charge in [0.05, 0.1) is 0 Å². The fourth-order valence-corrected chi connectivity index (χ4v) is 6.74. The highest BCUT2D eigenvalue weighted by Crippen LogP contribution is 2.14. The van der Waals surface area contributed by atoms with Crippen LogP contribution in [0.3, 0.4) is 0 Å². The van der Waals surface area contributed by atoms with Crippen molar-refractivity contribution in [2.45, 2.75) is 207 Å². The Balaban J connectivity index is 4.64. The minimum atomic E-state index is -0.844. The maximum atomic E-state index is 12.8. The third kappa shape index (κ3) is 53.8. The van der Waals surface area contributed by atoms with Crippen LogP contribution in [0.5, 0.6) is 0 Å². The summed E-state index contributed by atoms with van der Waals surface area (Å²) < 4.78 is 16.7. The number of ether oxygens (including phenoxy) is 3. The van der Waals surface area contributed by atoms with Gasteiger partial charge in [0.25, 0.3) is 0 Å². The van der Waals surface area contributed by atoms with Crippen molar-refractivity contribution < 1.29 is 28.6 Å². The molecule has 0 heterocycles. The molecular weight excluding hydrogens is 853 g/mol. The lowest BCUT2D eigenvalue weighted by Gasteiger charge is -2.18. The zero-order valence-electron chi connectivity index (χ0n) is 43.8. The molecule has 0 aromatic carbocycles. The molecule has 1 atom stereocenters. The minimum Gasteiger partial charge on any atom is -0.462 e. The van der Waals surface area contributed by atoms with Gasteiger partial charge in [-0.25, -0.2) is 0 Å². The molecule has 0 bridgehead atoms. The van der Waals surface area contributed by atoms with E-state index >= 15 is 0 Å². The van der Waals surface area contributed by atoms with Crippen molar-refractivity contribution in [2.75, 3.05) is 13.2 Å². The molecule has 0 amide bonds. The Labute approximate surface area is 422 Å². The second-order valence-electron chi connectivity index (χ2n) is 17.2. The summed E-state index contributed by atoms with van der Waals surface area (Å²) in [5, 5.41) is 0. The number of rotatable bonds is 46. The van der Waals surface area contributed by atoms with Gasteiger partial charge in [-0.1, -0.05) is 262 Å². The lowest BCUT2D eigenvalue weighted by atomic mass is 10.0. The van der Waals surface area contributed by atoms with Crippen molar-refractivity contribution >= 4 is 17.9 Å². The van der Waals surface area contributed by atoms with Crippen molar-refractivity contribution in [1.82, 2.24) is 0 Å². The van der Waals surface area contributed by atoms with E-state index in [1.165, 1.54) is 64.2 Å². The van der Waals surface area contributed by atoms with E-state index < -0.39 is 12.1 Å². The van der Waals surface area contributed by atoms with Crippen LogP contribution in [0, 0.1) is 0 Å². The quantitative estimate of drug-likeness (QED) is 0.0199. The average molecular weight is 949 g/mol. The number of hydrogen-bond donors (Lipinski definition) is 0. The first-order valence-electron chi connectivity index (χ1n) is 27.1. The Morgan fingerprint density at radius 3 is 1.09 bits per heavy atom. The normalized spacial score (nSPS) is 13.4. The SMILES string of the molecule is CC\C=C/C=C\C=C/C=C\C=C\C=C/C=C\CCCCCC(=O)OCC(COC(=O)CCCCCCCCCCCCCCC)OC(=O)CC/C=C\C/C=C\C/C=C\C/C=C\C/C=C\C/C=C\CC. The number of hydrogen-bond acceptors (Lipinski definition) is 6. The zero-order chi connectivity index (χ0) is 50.0. The zero-order valence-corrected chi connectivity index (χ0v) is 43.8. The van der Waals surface area contributed by atoms with E-state index in [4.69, 9.17) is 14.2 Å². The van der Waals surface area contributed by atoms with Crippen LogP contribution in [0.4, 0.5) is 0 Å². The number of allylic oxidation sites excluding steroid dienone is 26. The first-order chi connectivity index (χ1) is 34.0. The Hall–Kier alpha value is -4.97. The van der Waals surface area contributed by atoms with E-state index in [9.17, 15) is 14.4 Å². The molecule has 0 N–H and O–H groups in total. The number of unbranched alkanes of at least 4 members (excludes halogenated alkanes) is 15. The summed E-state index contributed by atoms with van der Waals surface area (Å²) in [6, 6.07) is 0. The molecule has 0 aromatic heterocycles. The molecule has 384 valence electrons. The first kappa shape index (κ1) is 64.0. The molecule has 1 unspecified atom stereocenters. The monoisotopic (exact) mass is 949 g/mol. The summed E-state index contributed by atoms with van der Waals surface area (Å²) >= 11 is 0. The van der Waals surface area contributed by atoms with Crippen LogP contribution in [0.1, 0.15) is 201 Å². The van der Waals surface area contributed by atoms with E-state index in [0.29, 0.717) is 19.3 Å². The lowest BCUT2D eigenvalue weighted by molar-refractivity contribution is -0.166. The fourth-order valence-electron chi connectivity index (χ4n) is 6.74. The van der Waals surface area contributed by atoms with E-state index in [1.807, 2.05) is 85.1 Å². The Morgan fingerprint density at radius 2 is 0.667 bits per heavy atom. The van der Waals surface area contributed by atoms with Gasteiger partial charge in [-0.2, -0.15) is 0 Å². The maximum absolute atomic E-state index is 12.8. The van der Waals surface area contributed by atoms with Gasteiger partial charge < -0.3 is 14.2 Å². The highest BCUT2D eigenvalue weighted by molar-refractivity contribution is 5.71. The molecule has 0 spiro atoms. The number of carbonyl (C=O) groups is 3. The van der Waals surface area contributed by atoms with Crippen LogP contribution >= 0.6 is 0 Å². The smallest absolute Gasteiger partial charge is 0.306 e. The van der Waals surface area contributed by atoms with Gasteiger partial charge in [0.1, 0.15) is 13.2 Å². The second kappa shape index (κ2) is 55.6. The molecule has 0 aromatic rings. The van der Waals surface area contributed by atoms with Crippen LogP contribution in [-0.4, -0.2) is 37.2 Å². The Kier molecular flexibility index (Phi) is 51.6.